The molecule has 1 amide bonds. The first-order valence-electron chi connectivity index (χ1n) is 9.50. The van der Waals surface area contributed by atoms with Crippen molar-refractivity contribution < 1.29 is 9.32 Å². The normalized spacial score (nSPS) is 10.8. The first-order valence-corrected chi connectivity index (χ1v) is 11.2. The van der Waals surface area contributed by atoms with Crippen LogP contribution < -0.4 is 5.32 Å². The number of nitrogens with zero attached hydrogens (tertiary/aromatic N) is 1. The molecule has 0 aliphatic heterocycles. The van der Waals surface area contributed by atoms with E-state index in [-0.39, 0.29) is 11.6 Å². The number of nitrogens with one attached hydrogen (secondary N) is 1. The predicted molar refractivity (Wildman–Crippen MR) is 127 cm³/mol. The SMILES string of the molecule is Cc1ccc(-c2cc(C(=O)Nc3ccccc3SCc3cc(Cl)cc(Cl)c3)no2)cc1. The zero-order chi connectivity index (χ0) is 21.8. The summed E-state index contributed by atoms with van der Waals surface area (Å²) in [6.45, 7) is 2.01. The van der Waals surface area contributed by atoms with Crippen LogP contribution in [-0.4, -0.2) is 11.1 Å². The number of carbonyl (C=O) groups is 1. The third kappa shape index (κ3) is 5.50. The zero-order valence-corrected chi connectivity index (χ0v) is 18.9. The maximum Gasteiger partial charge on any atom is 0.277 e. The fourth-order valence-electron chi connectivity index (χ4n) is 2.97. The van der Waals surface area contributed by atoms with Crippen LogP contribution in [0.4, 0.5) is 5.69 Å². The van der Waals surface area contributed by atoms with Crippen LogP contribution in [0.15, 0.2) is 82.2 Å². The first-order chi connectivity index (χ1) is 15.0. The van der Waals surface area contributed by atoms with Gasteiger partial charge in [-0.25, -0.2) is 0 Å². The molecule has 4 nitrogen and oxygen atoms in total. The Morgan fingerprint density at radius 1 is 1.00 bits per heavy atom. The van der Waals surface area contributed by atoms with Gasteiger partial charge in [-0.15, -0.1) is 11.8 Å². The number of hydrogen-bond acceptors (Lipinski definition) is 4. The monoisotopic (exact) mass is 468 g/mol. The summed E-state index contributed by atoms with van der Waals surface area (Å²) in [5.74, 6) is 0.876. The number of amides is 1. The van der Waals surface area contributed by atoms with Crippen molar-refractivity contribution in [1.29, 1.82) is 0 Å². The van der Waals surface area contributed by atoms with Crippen LogP contribution in [0.1, 0.15) is 21.6 Å². The largest absolute Gasteiger partial charge is 0.355 e. The molecule has 156 valence electrons. The molecule has 1 heterocycles. The highest BCUT2D eigenvalue weighted by Gasteiger charge is 2.15. The van der Waals surface area contributed by atoms with Crippen LogP contribution in [0.3, 0.4) is 0 Å². The number of aromatic nitrogens is 1. The van der Waals surface area contributed by atoms with E-state index in [9.17, 15) is 4.79 Å². The molecule has 0 fully saturated rings. The molecule has 0 radical (unpaired) electrons. The molecule has 7 heteroatoms. The van der Waals surface area contributed by atoms with Gasteiger partial charge in [0.1, 0.15) is 0 Å². The highest BCUT2D eigenvalue weighted by molar-refractivity contribution is 7.98. The van der Waals surface area contributed by atoms with E-state index in [0.29, 0.717) is 27.2 Å². The number of anilines is 1. The van der Waals surface area contributed by atoms with Gasteiger partial charge in [-0.05, 0) is 42.8 Å². The molecule has 1 aromatic heterocycles. The first kappa shape index (κ1) is 21.5. The number of benzene rings is 3. The lowest BCUT2D eigenvalue weighted by Crippen LogP contribution is -2.12. The van der Waals surface area contributed by atoms with Crippen molar-refractivity contribution >= 4 is 46.6 Å². The maximum absolute atomic E-state index is 12.8. The van der Waals surface area contributed by atoms with Gasteiger partial charge in [-0.3, -0.25) is 4.79 Å². The van der Waals surface area contributed by atoms with Crippen LogP contribution in [0.25, 0.3) is 11.3 Å². The van der Waals surface area contributed by atoms with Gasteiger partial charge in [-0.1, -0.05) is 70.3 Å². The molecule has 31 heavy (non-hydrogen) atoms. The van der Waals surface area contributed by atoms with Crippen LogP contribution in [-0.2, 0) is 5.75 Å². The van der Waals surface area contributed by atoms with Gasteiger partial charge in [0.25, 0.3) is 5.91 Å². The molecule has 3 aromatic carbocycles. The van der Waals surface area contributed by atoms with Gasteiger partial charge in [0, 0.05) is 32.3 Å². The van der Waals surface area contributed by atoms with E-state index in [0.717, 1.165) is 21.6 Å². The van der Waals surface area contributed by atoms with Crippen molar-refractivity contribution in [2.24, 2.45) is 0 Å². The summed E-state index contributed by atoms with van der Waals surface area (Å²) < 4.78 is 5.37. The molecule has 4 rings (SSSR count). The van der Waals surface area contributed by atoms with Crippen LogP contribution >= 0.6 is 35.0 Å². The molecule has 0 saturated carbocycles. The summed E-state index contributed by atoms with van der Waals surface area (Å²) in [5.41, 5.74) is 3.94. The molecule has 4 aromatic rings. The summed E-state index contributed by atoms with van der Waals surface area (Å²) >= 11 is 13.8. The second-order valence-corrected chi connectivity index (χ2v) is 8.85. The molecule has 0 aliphatic rings. The maximum atomic E-state index is 12.8. The van der Waals surface area contributed by atoms with Crippen LogP contribution in [0.5, 0.6) is 0 Å². The average molecular weight is 469 g/mol. The Bertz CT molecular complexity index is 1200. The lowest BCUT2D eigenvalue weighted by Gasteiger charge is -2.10. The van der Waals surface area contributed by atoms with E-state index in [4.69, 9.17) is 27.7 Å². The minimum absolute atomic E-state index is 0.219. The van der Waals surface area contributed by atoms with E-state index >= 15 is 0 Å². The molecule has 0 spiro atoms. The number of rotatable bonds is 6. The standard InChI is InChI=1S/C24H18Cl2N2O2S/c1-15-6-8-17(9-7-15)22-13-21(28-30-22)24(29)27-20-4-2-3-5-23(20)31-14-16-10-18(25)12-19(26)11-16/h2-13H,14H2,1H3,(H,27,29). The lowest BCUT2D eigenvalue weighted by atomic mass is 10.1. The quantitative estimate of drug-likeness (QED) is 0.297. The second kappa shape index (κ2) is 9.60. The molecule has 0 bridgehead atoms. The number of halogens is 2. The Kier molecular flexibility index (Phi) is 6.66. The molecule has 1 N–H and O–H groups in total. The van der Waals surface area contributed by atoms with Gasteiger partial charge < -0.3 is 9.84 Å². The van der Waals surface area contributed by atoms with E-state index in [1.54, 1.807) is 23.9 Å². The van der Waals surface area contributed by atoms with Gasteiger partial charge >= 0.3 is 0 Å². The Balaban J connectivity index is 1.47. The van der Waals surface area contributed by atoms with Crippen molar-refractivity contribution in [1.82, 2.24) is 5.16 Å². The molecule has 0 unspecified atom stereocenters. The molecule has 0 atom stereocenters. The average Bonchev–Trinajstić information content (AvgIpc) is 3.23. The minimum Gasteiger partial charge on any atom is -0.355 e. The van der Waals surface area contributed by atoms with Crippen LogP contribution in [0.2, 0.25) is 10.0 Å². The smallest absolute Gasteiger partial charge is 0.277 e. The van der Waals surface area contributed by atoms with E-state index in [2.05, 4.69) is 10.5 Å². The fourth-order valence-corrected chi connectivity index (χ4v) is 4.48. The minimum atomic E-state index is -0.332. The van der Waals surface area contributed by atoms with Crippen molar-refractivity contribution in [2.45, 2.75) is 17.6 Å². The van der Waals surface area contributed by atoms with Crippen molar-refractivity contribution in [2.75, 3.05) is 5.32 Å². The van der Waals surface area contributed by atoms with Gasteiger partial charge in [-0.2, -0.15) is 0 Å². The van der Waals surface area contributed by atoms with Crippen LogP contribution in [0, 0.1) is 6.92 Å². The molecule has 0 aliphatic carbocycles. The van der Waals surface area contributed by atoms with Crippen molar-refractivity contribution in [3.8, 4) is 11.3 Å². The van der Waals surface area contributed by atoms with Crippen molar-refractivity contribution in [3.63, 3.8) is 0 Å². The topological polar surface area (TPSA) is 55.1 Å². The lowest BCUT2D eigenvalue weighted by molar-refractivity contribution is 0.101. The Hall–Kier alpha value is -2.73. The number of carbonyl (C=O) groups excluding carboxylic acids is 1. The van der Waals surface area contributed by atoms with Gasteiger partial charge in [0.05, 0.1) is 5.69 Å². The van der Waals surface area contributed by atoms with E-state index < -0.39 is 0 Å². The van der Waals surface area contributed by atoms with E-state index in [1.807, 2.05) is 67.6 Å². The third-order valence-electron chi connectivity index (χ3n) is 4.53. The second-order valence-electron chi connectivity index (χ2n) is 6.96. The Morgan fingerprint density at radius 2 is 1.71 bits per heavy atom. The summed E-state index contributed by atoms with van der Waals surface area (Å²) in [4.78, 5) is 13.7. The summed E-state index contributed by atoms with van der Waals surface area (Å²) in [5, 5.41) is 8.05. The summed E-state index contributed by atoms with van der Waals surface area (Å²) in [7, 11) is 0. The zero-order valence-electron chi connectivity index (χ0n) is 16.6. The predicted octanol–water partition coefficient (Wildman–Crippen LogP) is 7.50. The Morgan fingerprint density at radius 3 is 2.45 bits per heavy atom. The Labute approximate surface area is 194 Å². The fraction of sp³-hybridized carbons (Fsp3) is 0.0833. The van der Waals surface area contributed by atoms with Gasteiger partial charge in [0.15, 0.2) is 11.5 Å². The highest BCUT2D eigenvalue weighted by Crippen LogP contribution is 2.32. The molecular weight excluding hydrogens is 451 g/mol. The molecular formula is C24H18Cl2N2O2S. The van der Waals surface area contributed by atoms with E-state index in [1.165, 1.54) is 0 Å². The van der Waals surface area contributed by atoms with Gasteiger partial charge in [0.2, 0.25) is 0 Å². The number of para-hydroxylation sites is 1. The number of hydrogen-bond donors (Lipinski definition) is 1. The summed E-state index contributed by atoms with van der Waals surface area (Å²) in [6.07, 6.45) is 0. The number of thioether (sulfide) groups is 1. The third-order valence-corrected chi connectivity index (χ3v) is 6.11. The summed E-state index contributed by atoms with van der Waals surface area (Å²) in [6, 6.07) is 22.5. The van der Waals surface area contributed by atoms with Crippen molar-refractivity contribution in [3.05, 3.63) is 99.7 Å². The highest BCUT2D eigenvalue weighted by atomic mass is 35.5. The number of aryl methyl sites for hydroxylation is 1. The molecule has 0 saturated heterocycles.